The molecule has 6 nitrogen and oxygen atoms in total. The molecule has 0 N–H and O–H groups in total. The molecule has 2 aromatic heterocycles. The van der Waals surface area contributed by atoms with E-state index in [2.05, 4.69) is 40.7 Å². The van der Waals surface area contributed by atoms with Crippen LogP contribution in [0.2, 0.25) is 0 Å². The number of piperidine rings is 1. The third kappa shape index (κ3) is 2.90. The van der Waals surface area contributed by atoms with Gasteiger partial charge in [0, 0.05) is 37.4 Å². The Hall–Kier alpha value is -2.11. The molecule has 0 aromatic carbocycles. The van der Waals surface area contributed by atoms with Crippen molar-refractivity contribution in [3.8, 4) is 0 Å². The van der Waals surface area contributed by atoms with Gasteiger partial charge in [0.05, 0.1) is 0 Å². The van der Waals surface area contributed by atoms with E-state index < -0.39 is 0 Å². The zero-order valence-electron chi connectivity index (χ0n) is 14.4. The van der Waals surface area contributed by atoms with Crippen LogP contribution in [0.15, 0.2) is 18.5 Å². The topological polar surface area (TPSA) is 56.0 Å². The highest BCUT2D eigenvalue weighted by Crippen LogP contribution is 2.28. The fourth-order valence-corrected chi connectivity index (χ4v) is 3.69. The van der Waals surface area contributed by atoms with Crippen molar-refractivity contribution < 1.29 is 4.79 Å². The molecule has 1 atom stereocenters. The molecule has 0 saturated carbocycles. The number of nitrogens with zero attached hydrogens (tertiary/aromatic N) is 5. The van der Waals surface area contributed by atoms with Crippen molar-refractivity contribution in [3.05, 3.63) is 35.7 Å². The monoisotopic (exact) mass is 315 g/mol. The Morgan fingerprint density at radius 2 is 1.83 bits per heavy atom. The molecule has 1 aliphatic heterocycles. The van der Waals surface area contributed by atoms with Crippen LogP contribution in [0.4, 0.5) is 0 Å². The second kappa shape index (κ2) is 6.18. The lowest BCUT2D eigenvalue weighted by Crippen LogP contribution is -2.42. The van der Waals surface area contributed by atoms with Gasteiger partial charge in [0.1, 0.15) is 18.2 Å². The number of amides is 1. The molecule has 1 amide bonds. The average Bonchev–Trinajstić information content (AvgIpc) is 3.12. The van der Waals surface area contributed by atoms with Gasteiger partial charge in [0.25, 0.3) is 0 Å². The van der Waals surface area contributed by atoms with Gasteiger partial charge in [-0.15, -0.1) is 10.2 Å². The van der Waals surface area contributed by atoms with Crippen LogP contribution in [0.25, 0.3) is 0 Å². The summed E-state index contributed by atoms with van der Waals surface area (Å²) in [6, 6.07) is 4.00. The molecule has 1 aliphatic rings. The summed E-state index contributed by atoms with van der Waals surface area (Å²) in [5, 5.41) is 8.18. The van der Waals surface area contributed by atoms with Crippen molar-refractivity contribution in [2.75, 3.05) is 13.1 Å². The first-order chi connectivity index (χ1) is 11.0. The summed E-state index contributed by atoms with van der Waals surface area (Å²) < 4.78 is 4.11. The highest BCUT2D eigenvalue weighted by molar-refractivity contribution is 5.80. The lowest BCUT2D eigenvalue weighted by atomic mass is 9.95. The van der Waals surface area contributed by atoms with Gasteiger partial charge >= 0.3 is 0 Å². The Morgan fingerprint density at radius 1 is 1.22 bits per heavy atom. The third-order valence-electron chi connectivity index (χ3n) is 4.99. The standard InChI is InChI=1S/C17H25N5O/c1-12-5-6-13(2)22(12)14(3)17(23)21-9-7-15(8-10-21)16-19-18-11-20(16)4/h5-6,11,14-15H,7-10H2,1-4H3. The third-order valence-corrected chi connectivity index (χ3v) is 4.99. The quantitative estimate of drug-likeness (QED) is 0.872. The Balaban J connectivity index is 1.65. The zero-order valence-corrected chi connectivity index (χ0v) is 14.4. The van der Waals surface area contributed by atoms with Crippen LogP contribution in [0, 0.1) is 13.8 Å². The van der Waals surface area contributed by atoms with Crippen LogP contribution in [-0.4, -0.2) is 43.2 Å². The number of likely N-dealkylation sites (tertiary alicyclic amines) is 1. The molecule has 0 spiro atoms. The molecule has 6 heteroatoms. The minimum atomic E-state index is -0.142. The maximum Gasteiger partial charge on any atom is 0.245 e. The van der Waals surface area contributed by atoms with E-state index in [4.69, 9.17) is 0 Å². The molecule has 1 fully saturated rings. The van der Waals surface area contributed by atoms with Gasteiger partial charge in [-0.25, -0.2) is 0 Å². The van der Waals surface area contributed by atoms with E-state index in [0.717, 1.165) is 43.1 Å². The first-order valence-electron chi connectivity index (χ1n) is 8.26. The molecular weight excluding hydrogens is 290 g/mol. The summed E-state index contributed by atoms with van der Waals surface area (Å²) in [4.78, 5) is 14.8. The van der Waals surface area contributed by atoms with E-state index in [1.807, 2.05) is 23.4 Å². The SMILES string of the molecule is Cc1ccc(C)n1C(C)C(=O)N1CCC(c2nncn2C)CC1. The lowest BCUT2D eigenvalue weighted by Gasteiger charge is -2.34. The maximum absolute atomic E-state index is 12.8. The van der Waals surface area contributed by atoms with Crippen LogP contribution >= 0.6 is 0 Å². The summed E-state index contributed by atoms with van der Waals surface area (Å²) in [5.41, 5.74) is 2.27. The van der Waals surface area contributed by atoms with E-state index in [1.54, 1.807) is 6.33 Å². The highest BCUT2D eigenvalue weighted by Gasteiger charge is 2.29. The summed E-state index contributed by atoms with van der Waals surface area (Å²) in [5.74, 6) is 1.64. The lowest BCUT2D eigenvalue weighted by molar-refractivity contribution is -0.135. The van der Waals surface area contributed by atoms with E-state index in [1.165, 1.54) is 0 Å². The van der Waals surface area contributed by atoms with Gasteiger partial charge in [-0.05, 0) is 45.7 Å². The van der Waals surface area contributed by atoms with Gasteiger partial charge in [0.15, 0.2) is 0 Å². The molecule has 0 radical (unpaired) electrons. The first kappa shape index (κ1) is 15.8. The van der Waals surface area contributed by atoms with Gasteiger partial charge in [-0.1, -0.05) is 0 Å². The van der Waals surface area contributed by atoms with E-state index in [9.17, 15) is 4.79 Å². The van der Waals surface area contributed by atoms with Gasteiger partial charge in [-0.2, -0.15) is 0 Å². The van der Waals surface area contributed by atoms with Crippen LogP contribution in [-0.2, 0) is 11.8 Å². The van der Waals surface area contributed by atoms with Crippen LogP contribution < -0.4 is 0 Å². The fourth-order valence-electron chi connectivity index (χ4n) is 3.69. The summed E-state index contributed by atoms with van der Waals surface area (Å²) >= 11 is 0. The van der Waals surface area contributed by atoms with Crippen molar-refractivity contribution in [2.24, 2.45) is 7.05 Å². The number of rotatable bonds is 3. The van der Waals surface area contributed by atoms with Gasteiger partial charge < -0.3 is 14.0 Å². The van der Waals surface area contributed by atoms with Crippen molar-refractivity contribution in [1.82, 2.24) is 24.2 Å². The zero-order chi connectivity index (χ0) is 16.6. The van der Waals surface area contributed by atoms with Crippen LogP contribution in [0.5, 0.6) is 0 Å². The molecule has 1 unspecified atom stereocenters. The highest BCUT2D eigenvalue weighted by atomic mass is 16.2. The molecule has 1 saturated heterocycles. The number of carbonyl (C=O) groups is 1. The number of aryl methyl sites for hydroxylation is 3. The molecular formula is C17H25N5O. The predicted octanol–water partition coefficient (Wildman–Crippen LogP) is 2.20. The Kier molecular flexibility index (Phi) is 4.24. The van der Waals surface area contributed by atoms with Crippen molar-refractivity contribution in [2.45, 2.75) is 45.6 Å². The molecule has 3 rings (SSSR count). The number of aromatic nitrogens is 4. The normalized spacial score (nSPS) is 17.5. The van der Waals surface area contributed by atoms with Crippen LogP contribution in [0.3, 0.4) is 0 Å². The smallest absolute Gasteiger partial charge is 0.245 e. The van der Waals surface area contributed by atoms with Gasteiger partial charge in [0.2, 0.25) is 5.91 Å². The summed E-state index contributed by atoms with van der Waals surface area (Å²) in [6.45, 7) is 7.69. The van der Waals surface area contributed by atoms with E-state index in [0.29, 0.717) is 5.92 Å². The van der Waals surface area contributed by atoms with Crippen molar-refractivity contribution >= 4 is 5.91 Å². The molecule has 3 heterocycles. The number of carbonyl (C=O) groups excluding carboxylic acids is 1. The Morgan fingerprint density at radius 3 is 2.35 bits per heavy atom. The van der Waals surface area contributed by atoms with E-state index >= 15 is 0 Å². The average molecular weight is 315 g/mol. The second-order valence-corrected chi connectivity index (χ2v) is 6.56. The summed E-state index contributed by atoms with van der Waals surface area (Å²) in [6.07, 6.45) is 3.65. The Bertz CT molecular complexity index is 674. The number of hydrogen-bond acceptors (Lipinski definition) is 3. The van der Waals surface area contributed by atoms with Crippen molar-refractivity contribution in [3.63, 3.8) is 0 Å². The van der Waals surface area contributed by atoms with Crippen molar-refractivity contribution in [1.29, 1.82) is 0 Å². The van der Waals surface area contributed by atoms with E-state index in [-0.39, 0.29) is 11.9 Å². The minimum absolute atomic E-state index is 0.142. The molecule has 23 heavy (non-hydrogen) atoms. The molecule has 0 aliphatic carbocycles. The number of hydrogen-bond donors (Lipinski definition) is 0. The maximum atomic E-state index is 12.8. The van der Waals surface area contributed by atoms with Crippen LogP contribution in [0.1, 0.15) is 48.9 Å². The first-order valence-corrected chi connectivity index (χ1v) is 8.26. The summed E-state index contributed by atoms with van der Waals surface area (Å²) in [7, 11) is 1.98. The molecule has 124 valence electrons. The second-order valence-electron chi connectivity index (χ2n) is 6.56. The Labute approximate surface area is 137 Å². The molecule has 2 aromatic rings. The predicted molar refractivity (Wildman–Crippen MR) is 88.2 cm³/mol. The van der Waals surface area contributed by atoms with Gasteiger partial charge in [-0.3, -0.25) is 4.79 Å². The fraction of sp³-hybridized carbons (Fsp3) is 0.588. The minimum Gasteiger partial charge on any atom is -0.341 e. The largest absolute Gasteiger partial charge is 0.341 e. The molecule has 0 bridgehead atoms.